The Hall–Kier alpha value is -3.22. The van der Waals surface area contributed by atoms with Gasteiger partial charge in [0.2, 0.25) is 5.91 Å². The zero-order chi connectivity index (χ0) is 20.9. The molecule has 0 radical (unpaired) electrons. The summed E-state index contributed by atoms with van der Waals surface area (Å²) in [6.45, 7) is 7.03. The lowest BCUT2D eigenvalue weighted by molar-refractivity contribution is -0.158. The van der Waals surface area contributed by atoms with E-state index in [4.69, 9.17) is 16.2 Å². The first-order valence-electron chi connectivity index (χ1n) is 9.06. The fraction of sp³-hybridized carbons (Fsp3) is 0.333. The third-order valence-electron chi connectivity index (χ3n) is 3.82. The highest BCUT2D eigenvalue weighted by molar-refractivity contribution is 5.90. The molecular formula is C21H28N4O3. The van der Waals surface area contributed by atoms with Gasteiger partial charge in [-0.3, -0.25) is 4.79 Å². The van der Waals surface area contributed by atoms with Gasteiger partial charge in [-0.2, -0.15) is 0 Å². The Bertz CT molecular complexity index is 811. The van der Waals surface area contributed by atoms with E-state index in [0.29, 0.717) is 22.6 Å². The first kappa shape index (κ1) is 21.1. The number of rotatable bonds is 6. The first-order chi connectivity index (χ1) is 13.0. The number of benzene rings is 2. The number of anilines is 3. The average Bonchev–Trinajstić information content (AvgIpc) is 2.57. The minimum atomic E-state index is -0.914. The minimum absolute atomic E-state index is 0.360. The molecule has 0 aliphatic rings. The van der Waals surface area contributed by atoms with Crippen LogP contribution in [0, 0.1) is 0 Å². The van der Waals surface area contributed by atoms with Gasteiger partial charge >= 0.3 is 5.97 Å². The molecule has 0 heterocycles. The standard InChI is InChI=1S/C21H28N4O3/c1-13(24-17-11-15(22)10-16(23)12-17)19(26)25-18(14-8-6-5-7-9-14)20(27)28-21(2,3)4/h5-13,18,24H,22-23H2,1-4H3,(H,25,26)/t13-,18-/m0/s1. The Labute approximate surface area is 165 Å². The van der Waals surface area contributed by atoms with Crippen LogP contribution in [0.2, 0.25) is 0 Å². The molecule has 0 unspecified atom stereocenters. The Morgan fingerprint density at radius 3 is 2.11 bits per heavy atom. The van der Waals surface area contributed by atoms with E-state index in [2.05, 4.69) is 10.6 Å². The molecule has 0 bridgehead atoms. The van der Waals surface area contributed by atoms with E-state index in [0.717, 1.165) is 0 Å². The lowest BCUT2D eigenvalue weighted by atomic mass is 10.1. The van der Waals surface area contributed by atoms with Crippen molar-refractivity contribution in [1.29, 1.82) is 0 Å². The van der Waals surface area contributed by atoms with Crippen LogP contribution >= 0.6 is 0 Å². The fourth-order valence-electron chi connectivity index (χ4n) is 2.63. The second-order valence-corrected chi connectivity index (χ2v) is 7.64. The van der Waals surface area contributed by atoms with Crippen molar-refractivity contribution in [3.63, 3.8) is 0 Å². The van der Waals surface area contributed by atoms with Crippen LogP contribution < -0.4 is 22.1 Å². The third-order valence-corrected chi connectivity index (χ3v) is 3.82. The van der Waals surface area contributed by atoms with Crippen molar-refractivity contribution >= 4 is 28.9 Å². The van der Waals surface area contributed by atoms with Crippen LogP contribution in [0.15, 0.2) is 48.5 Å². The summed E-state index contributed by atoms with van der Waals surface area (Å²) in [6, 6.07) is 12.4. The van der Waals surface area contributed by atoms with Crippen molar-refractivity contribution in [3.05, 3.63) is 54.1 Å². The van der Waals surface area contributed by atoms with E-state index in [1.165, 1.54) is 0 Å². The smallest absolute Gasteiger partial charge is 0.333 e. The number of ether oxygens (including phenoxy) is 1. The molecule has 28 heavy (non-hydrogen) atoms. The number of nitrogens with one attached hydrogen (secondary N) is 2. The highest BCUT2D eigenvalue weighted by Crippen LogP contribution is 2.21. The molecule has 7 heteroatoms. The molecule has 6 N–H and O–H groups in total. The summed E-state index contributed by atoms with van der Waals surface area (Å²) in [5, 5.41) is 5.81. The van der Waals surface area contributed by atoms with Crippen LogP contribution in [0.5, 0.6) is 0 Å². The van der Waals surface area contributed by atoms with Crippen molar-refractivity contribution < 1.29 is 14.3 Å². The fourth-order valence-corrected chi connectivity index (χ4v) is 2.63. The molecule has 0 fully saturated rings. The second kappa shape index (κ2) is 8.65. The predicted octanol–water partition coefficient (Wildman–Crippen LogP) is 2.85. The lowest BCUT2D eigenvalue weighted by Crippen LogP contribution is -2.43. The lowest BCUT2D eigenvalue weighted by Gasteiger charge is -2.26. The zero-order valence-electron chi connectivity index (χ0n) is 16.7. The Morgan fingerprint density at radius 2 is 1.57 bits per heavy atom. The number of esters is 1. The molecule has 0 aromatic heterocycles. The summed E-state index contributed by atoms with van der Waals surface area (Å²) >= 11 is 0. The average molecular weight is 384 g/mol. The molecule has 0 aliphatic heterocycles. The normalized spacial score (nSPS) is 13.3. The number of nitrogens with two attached hydrogens (primary N) is 2. The molecule has 2 rings (SSSR count). The Kier molecular flexibility index (Phi) is 6.51. The van der Waals surface area contributed by atoms with Crippen LogP contribution in [0.25, 0.3) is 0 Å². The topological polar surface area (TPSA) is 119 Å². The van der Waals surface area contributed by atoms with Crippen molar-refractivity contribution in [2.24, 2.45) is 0 Å². The van der Waals surface area contributed by atoms with Crippen LogP contribution in [0.3, 0.4) is 0 Å². The number of hydrogen-bond donors (Lipinski definition) is 4. The summed E-state index contributed by atoms with van der Waals surface area (Å²) in [4.78, 5) is 25.4. The second-order valence-electron chi connectivity index (χ2n) is 7.64. The van der Waals surface area contributed by atoms with Gasteiger partial charge in [0.05, 0.1) is 0 Å². The van der Waals surface area contributed by atoms with Gasteiger partial charge in [-0.15, -0.1) is 0 Å². The van der Waals surface area contributed by atoms with Crippen molar-refractivity contribution in [3.8, 4) is 0 Å². The maximum Gasteiger partial charge on any atom is 0.333 e. The van der Waals surface area contributed by atoms with Crippen LogP contribution in [-0.4, -0.2) is 23.5 Å². The number of hydrogen-bond acceptors (Lipinski definition) is 6. The maximum absolute atomic E-state index is 12.7. The summed E-state index contributed by atoms with van der Waals surface area (Å²) in [7, 11) is 0. The van der Waals surface area contributed by atoms with Crippen LogP contribution in [0.4, 0.5) is 17.1 Å². The highest BCUT2D eigenvalue weighted by Gasteiger charge is 2.29. The maximum atomic E-state index is 12.7. The van der Waals surface area contributed by atoms with Gasteiger partial charge in [-0.05, 0) is 51.5 Å². The van der Waals surface area contributed by atoms with Gasteiger partial charge in [0.25, 0.3) is 0 Å². The summed E-state index contributed by atoms with van der Waals surface area (Å²) in [6.07, 6.45) is 0. The van der Waals surface area contributed by atoms with E-state index in [-0.39, 0.29) is 5.91 Å². The monoisotopic (exact) mass is 384 g/mol. The number of carbonyl (C=O) groups is 2. The molecule has 0 saturated heterocycles. The molecule has 0 spiro atoms. The van der Waals surface area contributed by atoms with Crippen molar-refractivity contribution in [1.82, 2.24) is 5.32 Å². The van der Waals surface area contributed by atoms with E-state index in [9.17, 15) is 9.59 Å². The van der Waals surface area contributed by atoms with Crippen molar-refractivity contribution in [2.45, 2.75) is 45.4 Å². The number of carbonyl (C=O) groups excluding carboxylic acids is 2. The zero-order valence-corrected chi connectivity index (χ0v) is 16.7. The largest absolute Gasteiger partial charge is 0.458 e. The van der Waals surface area contributed by atoms with Gasteiger partial charge in [0, 0.05) is 17.1 Å². The molecular weight excluding hydrogens is 356 g/mol. The molecule has 1 amide bonds. The summed E-state index contributed by atoms with van der Waals surface area (Å²) in [5.74, 6) is -0.881. The molecule has 2 atom stereocenters. The molecule has 2 aromatic carbocycles. The van der Waals surface area contributed by atoms with E-state index in [1.807, 2.05) is 6.07 Å². The van der Waals surface area contributed by atoms with E-state index >= 15 is 0 Å². The number of amides is 1. The van der Waals surface area contributed by atoms with Gasteiger partial charge < -0.3 is 26.8 Å². The SMILES string of the molecule is C[C@H](Nc1cc(N)cc(N)c1)C(=O)N[C@H](C(=O)OC(C)(C)C)c1ccccc1. The van der Waals surface area contributed by atoms with Crippen LogP contribution in [-0.2, 0) is 14.3 Å². The quantitative estimate of drug-likeness (QED) is 0.449. The van der Waals surface area contributed by atoms with E-state index in [1.54, 1.807) is 70.2 Å². The molecule has 0 saturated carbocycles. The minimum Gasteiger partial charge on any atom is -0.458 e. The highest BCUT2D eigenvalue weighted by atomic mass is 16.6. The summed E-state index contributed by atoms with van der Waals surface area (Å²) < 4.78 is 5.48. The van der Waals surface area contributed by atoms with Gasteiger partial charge in [0.1, 0.15) is 11.6 Å². The predicted molar refractivity (Wildman–Crippen MR) is 112 cm³/mol. The van der Waals surface area contributed by atoms with E-state index < -0.39 is 23.7 Å². The Morgan fingerprint density at radius 1 is 1.00 bits per heavy atom. The van der Waals surface area contributed by atoms with Gasteiger partial charge in [-0.25, -0.2) is 4.79 Å². The third kappa shape index (κ3) is 6.19. The molecule has 7 nitrogen and oxygen atoms in total. The summed E-state index contributed by atoms with van der Waals surface area (Å²) in [5.41, 5.74) is 13.1. The van der Waals surface area contributed by atoms with Gasteiger partial charge in [0.15, 0.2) is 6.04 Å². The molecule has 150 valence electrons. The van der Waals surface area contributed by atoms with Crippen LogP contribution in [0.1, 0.15) is 39.3 Å². The molecule has 0 aliphatic carbocycles. The Balaban J connectivity index is 2.15. The van der Waals surface area contributed by atoms with Crippen molar-refractivity contribution in [2.75, 3.05) is 16.8 Å². The number of nitrogen functional groups attached to an aromatic ring is 2. The molecule has 2 aromatic rings. The van der Waals surface area contributed by atoms with Gasteiger partial charge in [-0.1, -0.05) is 30.3 Å². The first-order valence-corrected chi connectivity index (χ1v) is 9.06.